The van der Waals surface area contributed by atoms with Crippen LogP contribution in [0.2, 0.25) is 0 Å². The SMILES string of the molecule is CC#CC(=O)N(Cc1ccccc1OC)C1CCN(C(C)=O)CC1. The molecule has 0 saturated carbocycles. The number of hydrogen-bond donors (Lipinski definition) is 0. The van der Waals surface area contributed by atoms with Crippen molar-refractivity contribution in [3.05, 3.63) is 29.8 Å². The molecule has 1 heterocycles. The minimum Gasteiger partial charge on any atom is -0.496 e. The summed E-state index contributed by atoms with van der Waals surface area (Å²) in [6.07, 6.45) is 1.54. The zero-order valence-corrected chi connectivity index (χ0v) is 14.5. The number of likely N-dealkylation sites (tertiary alicyclic amines) is 1. The lowest BCUT2D eigenvalue weighted by atomic mass is 10.0. The van der Waals surface area contributed by atoms with Crippen molar-refractivity contribution >= 4 is 11.8 Å². The summed E-state index contributed by atoms with van der Waals surface area (Å²) in [4.78, 5) is 27.6. The van der Waals surface area contributed by atoms with Crippen molar-refractivity contribution < 1.29 is 14.3 Å². The van der Waals surface area contributed by atoms with Gasteiger partial charge in [-0.3, -0.25) is 9.59 Å². The summed E-state index contributed by atoms with van der Waals surface area (Å²) in [6.45, 7) is 5.06. The minimum atomic E-state index is -0.176. The van der Waals surface area contributed by atoms with E-state index in [0.717, 1.165) is 24.2 Å². The molecule has 1 aromatic rings. The summed E-state index contributed by atoms with van der Waals surface area (Å²) in [5, 5.41) is 0. The molecule has 5 nitrogen and oxygen atoms in total. The van der Waals surface area contributed by atoms with Crippen LogP contribution in [0.1, 0.15) is 32.3 Å². The van der Waals surface area contributed by atoms with Crippen LogP contribution < -0.4 is 4.74 Å². The third kappa shape index (κ3) is 4.29. The molecule has 128 valence electrons. The highest BCUT2D eigenvalue weighted by atomic mass is 16.5. The van der Waals surface area contributed by atoms with Crippen LogP contribution in [-0.2, 0) is 16.1 Å². The molecular formula is C19H24N2O3. The Kier molecular flexibility index (Phi) is 6.25. The summed E-state index contributed by atoms with van der Waals surface area (Å²) in [7, 11) is 1.63. The minimum absolute atomic E-state index is 0.0823. The molecule has 5 heteroatoms. The molecule has 2 rings (SSSR count). The van der Waals surface area contributed by atoms with E-state index in [4.69, 9.17) is 4.74 Å². The van der Waals surface area contributed by atoms with Gasteiger partial charge in [-0.2, -0.15) is 0 Å². The molecular weight excluding hydrogens is 304 g/mol. The van der Waals surface area contributed by atoms with E-state index in [1.54, 1.807) is 21.0 Å². The fourth-order valence-electron chi connectivity index (χ4n) is 3.05. The zero-order chi connectivity index (χ0) is 17.5. The number of rotatable bonds is 4. The summed E-state index contributed by atoms with van der Waals surface area (Å²) < 4.78 is 5.39. The first-order chi connectivity index (χ1) is 11.6. The molecule has 0 radical (unpaired) electrons. The van der Waals surface area contributed by atoms with E-state index >= 15 is 0 Å². The summed E-state index contributed by atoms with van der Waals surface area (Å²) in [5.74, 6) is 6.02. The van der Waals surface area contributed by atoms with E-state index in [-0.39, 0.29) is 17.9 Å². The Hall–Kier alpha value is -2.48. The van der Waals surface area contributed by atoms with Gasteiger partial charge in [0.2, 0.25) is 5.91 Å². The molecule has 0 aliphatic carbocycles. The van der Waals surface area contributed by atoms with Gasteiger partial charge in [-0.25, -0.2) is 0 Å². The van der Waals surface area contributed by atoms with E-state index in [1.165, 1.54) is 0 Å². The maximum absolute atomic E-state index is 12.5. The molecule has 24 heavy (non-hydrogen) atoms. The van der Waals surface area contributed by atoms with Crippen LogP contribution in [0.15, 0.2) is 24.3 Å². The van der Waals surface area contributed by atoms with Crippen LogP contribution in [0.4, 0.5) is 0 Å². The number of methoxy groups -OCH3 is 1. The largest absolute Gasteiger partial charge is 0.496 e. The Bertz CT molecular complexity index is 652. The first-order valence-electron chi connectivity index (χ1n) is 8.17. The number of piperidine rings is 1. The highest BCUT2D eigenvalue weighted by Gasteiger charge is 2.28. The average Bonchev–Trinajstić information content (AvgIpc) is 2.60. The second kappa shape index (κ2) is 8.39. The molecule has 0 bridgehead atoms. The van der Waals surface area contributed by atoms with Crippen LogP contribution >= 0.6 is 0 Å². The highest BCUT2D eigenvalue weighted by Crippen LogP contribution is 2.24. The molecule has 1 saturated heterocycles. The third-order valence-corrected chi connectivity index (χ3v) is 4.38. The first-order valence-corrected chi connectivity index (χ1v) is 8.17. The molecule has 1 aromatic carbocycles. The van der Waals surface area contributed by atoms with Crippen molar-refractivity contribution in [2.75, 3.05) is 20.2 Å². The van der Waals surface area contributed by atoms with Gasteiger partial charge >= 0.3 is 0 Å². The topological polar surface area (TPSA) is 49.9 Å². The molecule has 2 amide bonds. The Morgan fingerprint density at radius 1 is 1.29 bits per heavy atom. The van der Waals surface area contributed by atoms with Crippen molar-refractivity contribution in [3.8, 4) is 17.6 Å². The van der Waals surface area contributed by atoms with Crippen molar-refractivity contribution in [1.29, 1.82) is 0 Å². The van der Waals surface area contributed by atoms with Gasteiger partial charge in [0.05, 0.1) is 13.7 Å². The second-order valence-corrected chi connectivity index (χ2v) is 5.86. The molecule has 1 aliphatic rings. The number of carbonyl (C=O) groups excluding carboxylic acids is 2. The van der Waals surface area contributed by atoms with Crippen molar-refractivity contribution in [3.63, 3.8) is 0 Å². The molecule has 0 spiro atoms. The average molecular weight is 328 g/mol. The normalized spacial score (nSPS) is 14.5. The molecule has 0 atom stereocenters. The molecule has 0 unspecified atom stereocenters. The quantitative estimate of drug-likeness (QED) is 0.795. The first kappa shape index (κ1) is 17.9. The lowest BCUT2D eigenvalue weighted by Crippen LogP contribution is -2.47. The van der Waals surface area contributed by atoms with E-state index in [1.807, 2.05) is 34.1 Å². The maximum atomic E-state index is 12.5. The number of nitrogens with zero attached hydrogens (tertiary/aromatic N) is 2. The van der Waals surface area contributed by atoms with Gasteiger partial charge in [0.15, 0.2) is 0 Å². The van der Waals surface area contributed by atoms with Gasteiger partial charge in [-0.1, -0.05) is 24.1 Å². The Morgan fingerprint density at radius 3 is 2.54 bits per heavy atom. The third-order valence-electron chi connectivity index (χ3n) is 4.38. The lowest BCUT2D eigenvalue weighted by molar-refractivity contribution is -0.132. The van der Waals surface area contributed by atoms with Gasteiger partial charge < -0.3 is 14.5 Å². The van der Waals surface area contributed by atoms with Gasteiger partial charge in [0.25, 0.3) is 5.91 Å². The number of benzene rings is 1. The van der Waals surface area contributed by atoms with E-state index < -0.39 is 0 Å². The standard InChI is InChI=1S/C19H24N2O3/c1-4-7-19(23)21(14-16-8-5-6-9-18(16)24-3)17-10-12-20(13-11-17)15(2)22/h5-6,8-9,17H,10-14H2,1-3H3. The number of para-hydroxylation sites is 1. The zero-order valence-electron chi connectivity index (χ0n) is 14.5. The molecule has 1 aliphatic heterocycles. The molecule has 0 N–H and O–H groups in total. The van der Waals surface area contributed by atoms with Crippen molar-refractivity contribution in [2.45, 2.75) is 39.3 Å². The van der Waals surface area contributed by atoms with Crippen molar-refractivity contribution in [1.82, 2.24) is 9.80 Å². The van der Waals surface area contributed by atoms with E-state index in [9.17, 15) is 9.59 Å². The van der Waals surface area contributed by atoms with Gasteiger partial charge in [-0.05, 0) is 31.8 Å². The van der Waals surface area contributed by atoms with Crippen LogP contribution in [0, 0.1) is 11.8 Å². The highest BCUT2D eigenvalue weighted by molar-refractivity contribution is 5.93. The van der Waals surface area contributed by atoms with E-state index in [0.29, 0.717) is 19.6 Å². The fraction of sp³-hybridized carbons (Fsp3) is 0.474. The monoisotopic (exact) mass is 328 g/mol. The number of ether oxygens (including phenoxy) is 1. The predicted molar refractivity (Wildman–Crippen MR) is 92.3 cm³/mol. The summed E-state index contributed by atoms with van der Waals surface area (Å²) in [5.41, 5.74) is 0.959. The Morgan fingerprint density at radius 2 is 1.96 bits per heavy atom. The van der Waals surface area contributed by atoms with E-state index in [2.05, 4.69) is 11.8 Å². The fourth-order valence-corrected chi connectivity index (χ4v) is 3.05. The van der Waals surface area contributed by atoms with Crippen LogP contribution in [0.5, 0.6) is 5.75 Å². The van der Waals surface area contributed by atoms with Gasteiger partial charge in [0, 0.05) is 31.6 Å². The van der Waals surface area contributed by atoms with Crippen molar-refractivity contribution in [2.24, 2.45) is 0 Å². The van der Waals surface area contributed by atoms with Crippen LogP contribution in [-0.4, -0.2) is 47.9 Å². The number of amides is 2. The summed E-state index contributed by atoms with van der Waals surface area (Å²) in [6, 6.07) is 7.78. The van der Waals surface area contributed by atoms with Gasteiger partial charge in [0.1, 0.15) is 5.75 Å². The number of hydrogen-bond acceptors (Lipinski definition) is 3. The second-order valence-electron chi connectivity index (χ2n) is 5.86. The number of carbonyl (C=O) groups is 2. The van der Waals surface area contributed by atoms with Crippen LogP contribution in [0.25, 0.3) is 0 Å². The Labute approximate surface area is 143 Å². The lowest BCUT2D eigenvalue weighted by Gasteiger charge is -2.37. The maximum Gasteiger partial charge on any atom is 0.299 e. The molecule has 1 fully saturated rings. The Balaban J connectivity index is 2.18. The molecule has 0 aromatic heterocycles. The smallest absolute Gasteiger partial charge is 0.299 e. The van der Waals surface area contributed by atoms with Crippen LogP contribution in [0.3, 0.4) is 0 Å². The summed E-state index contributed by atoms with van der Waals surface area (Å²) >= 11 is 0. The van der Waals surface area contributed by atoms with Gasteiger partial charge in [-0.15, -0.1) is 0 Å². The predicted octanol–water partition coefficient (Wildman–Crippen LogP) is 2.06.